The van der Waals surface area contributed by atoms with Crippen LogP contribution in [0, 0.1) is 6.92 Å². The van der Waals surface area contributed by atoms with Gasteiger partial charge in [0.25, 0.3) is 0 Å². The summed E-state index contributed by atoms with van der Waals surface area (Å²) in [5.41, 5.74) is 1.09. The van der Waals surface area contributed by atoms with Crippen molar-refractivity contribution in [1.82, 2.24) is 0 Å². The normalized spacial score (nSPS) is 14.4. The lowest BCUT2D eigenvalue weighted by atomic mass is 10.2. The van der Waals surface area contributed by atoms with Crippen LogP contribution in [-0.4, -0.2) is 32.2 Å². The lowest BCUT2D eigenvalue weighted by molar-refractivity contribution is -0.134. The number of aryl methyl sites for hydroxylation is 1. The molecule has 0 bridgehead atoms. The van der Waals surface area contributed by atoms with Crippen LogP contribution in [0.15, 0.2) is 40.1 Å². The number of hydrogen-bond acceptors (Lipinski definition) is 4. The van der Waals surface area contributed by atoms with Gasteiger partial charge in [-0.05, 0) is 37.2 Å². The monoisotopic (exact) mass is 368 g/mol. The van der Waals surface area contributed by atoms with E-state index in [2.05, 4.69) is 33.9 Å². The van der Waals surface area contributed by atoms with Gasteiger partial charge in [0.05, 0.1) is 29.4 Å². The molecule has 0 aliphatic rings. The van der Waals surface area contributed by atoms with Gasteiger partial charge in [0.2, 0.25) is 0 Å². The van der Waals surface area contributed by atoms with Gasteiger partial charge < -0.3 is 9.16 Å². The summed E-state index contributed by atoms with van der Waals surface area (Å²) in [6.07, 6.45) is 1.28. The molecule has 1 rings (SSSR count). The Morgan fingerprint density at radius 3 is 2.21 bits per heavy atom. The summed E-state index contributed by atoms with van der Waals surface area (Å²) in [4.78, 5) is 12.7. The number of hydrogen-bond donors (Lipinski definition) is 0. The Morgan fingerprint density at radius 2 is 1.75 bits per heavy atom. The van der Waals surface area contributed by atoms with Crippen LogP contribution in [0.25, 0.3) is 0 Å². The topological polar surface area (TPSA) is 52.6 Å². The molecule has 24 heavy (non-hydrogen) atoms. The summed E-state index contributed by atoms with van der Waals surface area (Å²) in [6, 6.07) is 7.42. The second-order valence-corrected chi connectivity index (χ2v) is 13.6. The fourth-order valence-corrected chi connectivity index (χ4v) is 3.73. The fraction of sp³-hybridized carbons (Fsp3) is 0.500. The highest BCUT2D eigenvalue weighted by molar-refractivity contribution is 7.89. The van der Waals surface area contributed by atoms with Crippen molar-refractivity contribution in [3.05, 3.63) is 40.8 Å². The molecule has 134 valence electrons. The van der Waals surface area contributed by atoms with Crippen LogP contribution in [0.5, 0.6) is 0 Å². The van der Waals surface area contributed by atoms with E-state index in [1.807, 2.05) is 31.2 Å². The molecule has 1 aromatic rings. The molecule has 0 N–H and O–H groups in total. The molecule has 0 aliphatic carbocycles. The lowest BCUT2D eigenvalue weighted by Gasteiger charge is -2.36. The van der Waals surface area contributed by atoms with Crippen molar-refractivity contribution in [1.29, 1.82) is 0 Å². The second kappa shape index (κ2) is 8.23. The first-order valence-electron chi connectivity index (χ1n) is 7.89. The minimum absolute atomic E-state index is 0.0364. The molecule has 6 heteroatoms. The highest BCUT2D eigenvalue weighted by Crippen LogP contribution is 2.37. The molecule has 1 unspecified atom stereocenters. The molecular formula is C18H28O4SSi. The molecule has 0 fully saturated rings. The average Bonchev–Trinajstić information content (AvgIpc) is 2.50. The van der Waals surface area contributed by atoms with Crippen molar-refractivity contribution >= 4 is 25.1 Å². The van der Waals surface area contributed by atoms with E-state index in [9.17, 15) is 9.00 Å². The first-order valence-corrected chi connectivity index (χ1v) is 11.9. The van der Waals surface area contributed by atoms with Crippen LogP contribution in [0.4, 0.5) is 0 Å². The SMILES string of the molecule is COC(=O)/C=C(\CO[Si](C)(C)C(C)(C)C)S(=O)c1ccc(C)cc1. The predicted octanol–water partition coefficient (Wildman–Crippen LogP) is 4.18. The highest BCUT2D eigenvalue weighted by Gasteiger charge is 2.37. The molecule has 4 nitrogen and oxygen atoms in total. The number of methoxy groups -OCH3 is 1. The van der Waals surface area contributed by atoms with E-state index in [4.69, 9.17) is 9.16 Å². The van der Waals surface area contributed by atoms with Crippen molar-refractivity contribution in [2.24, 2.45) is 0 Å². The summed E-state index contributed by atoms with van der Waals surface area (Å²) < 4.78 is 23.7. The third-order valence-corrected chi connectivity index (χ3v) is 10.2. The Bertz CT molecular complexity index is 627. The first kappa shape index (κ1) is 20.8. The van der Waals surface area contributed by atoms with Gasteiger partial charge in [-0.3, -0.25) is 0 Å². The zero-order valence-corrected chi connectivity index (χ0v) is 17.5. The van der Waals surface area contributed by atoms with Gasteiger partial charge in [-0.2, -0.15) is 0 Å². The smallest absolute Gasteiger partial charge is 0.331 e. The molecular weight excluding hydrogens is 340 g/mol. The Kier molecular flexibility index (Phi) is 7.13. The lowest BCUT2D eigenvalue weighted by Crippen LogP contribution is -2.41. The predicted molar refractivity (Wildman–Crippen MR) is 101 cm³/mol. The fourth-order valence-electron chi connectivity index (χ4n) is 1.62. The number of carbonyl (C=O) groups is 1. The van der Waals surface area contributed by atoms with E-state index >= 15 is 0 Å². The van der Waals surface area contributed by atoms with E-state index in [1.54, 1.807) is 0 Å². The molecule has 0 saturated carbocycles. The number of esters is 1. The molecule has 1 aromatic carbocycles. The van der Waals surface area contributed by atoms with E-state index < -0.39 is 25.1 Å². The van der Waals surface area contributed by atoms with Crippen molar-refractivity contribution in [3.63, 3.8) is 0 Å². The van der Waals surface area contributed by atoms with Crippen LogP contribution in [0.2, 0.25) is 18.1 Å². The highest BCUT2D eigenvalue weighted by atomic mass is 32.2. The Balaban J connectivity index is 3.05. The number of carbonyl (C=O) groups excluding carboxylic acids is 1. The molecule has 0 spiro atoms. The maximum atomic E-state index is 12.8. The minimum atomic E-state index is -2.01. The third-order valence-electron chi connectivity index (χ3n) is 4.33. The van der Waals surface area contributed by atoms with Crippen molar-refractivity contribution in [3.8, 4) is 0 Å². The van der Waals surface area contributed by atoms with E-state index in [-0.39, 0.29) is 11.6 Å². The third kappa shape index (κ3) is 5.68. The van der Waals surface area contributed by atoms with Crippen LogP contribution in [-0.2, 0) is 24.8 Å². The molecule has 0 saturated heterocycles. The number of ether oxygens (including phenoxy) is 1. The zero-order valence-electron chi connectivity index (χ0n) is 15.6. The van der Waals surface area contributed by atoms with Gasteiger partial charge in [-0.25, -0.2) is 9.00 Å². The summed E-state index contributed by atoms with van der Waals surface area (Å²) >= 11 is 0. The Labute approximate surface area is 148 Å². The first-order chi connectivity index (χ1) is 11.0. The second-order valence-electron chi connectivity index (χ2n) is 7.26. The van der Waals surface area contributed by atoms with Gasteiger partial charge in [0.1, 0.15) is 0 Å². The average molecular weight is 369 g/mol. The summed E-state index contributed by atoms with van der Waals surface area (Å²) in [5.74, 6) is -0.524. The largest absolute Gasteiger partial charge is 0.466 e. The zero-order chi connectivity index (χ0) is 18.5. The van der Waals surface area contributed by atoms with Crippen molar-refractivity contribution in [2.45, 2.75) is 50.7 Å². The van der Waals surface area contributed by atoms with Gasteiger partial charge in [0.15, 0.2) is 8.32 Å². The van der Waals surface area contributed by atoms with Gasteiger partial charge in [-0.15, -0.1) is 0 Å². The minimum Gasteiger partial charge on any atom is -0.466 e. The summed E-state index contributed by atoms with van der Waals surface area (Å²) in [5, 5.41) is 0.0364. The molecule has 0 aliphatic heterocycles. The Hall–Kier alpha value is -1.24. The van der Waals surface area contributed by atoms with Crippen LogP contribution >= 0.6 is 0 Å². The molecule has 0 aromatic heterocycles. The molecule has 0 heterocycles. The standard InChI is InChI=1S/C18H28O4SSi/c1-14-8-10-15(11-9-14)23(20)16(12-17(19)21-5)13-22-24(6,7)18(2,3)4/h8-12H,13H2,1-7H3/b16-12+. The molecule has 0 amide bonds. The quantitative estimate of drug-likeness (QED) is 0.429. The Morgan fingerprint density at radius 1 is 1.21 bits per heavy atom. The van der Waals surface area contributed by atoms with Gasteiger partial charge in [0, 0.05) is 11.0 Å². The maximum absolute atomic E-state index is 12.8. The van der Waals surface area contributed by atoms with E-state index in [0.29, 0.717) is 9.80 Å². The number of benzene rings is 1. The van der Waals surface area contributed by atoms with Crippen molar-refractivity contribution < 1.29 is 18.2 Å². The van der Waals surface area contributed by atoms with Crippen LogP contribution < -0.4 is 0 Å². The molecule has 0 radical (unpaired) electrons. The summed E-state index contributed by atoms with van der Waals surface area (Å²) in [6.45, 7) is 12.8. The van der Waals surface area contributed by atoms with E-state index in [0.717, 1.165) is 5.56 Å². The maximum Gasteiger partial charge on any atom is 0.331 e. The van der Waals surface area contributed by atoms with Gasteiger partial charge >= 0.3 is 5.97 Å². The number of rotatable bonds is 6. The molecule has 1 atom stereocenters. The van der Waals surface area contributed by atoms with Crippen molar-refractivity contribution in [2.75, 3.05) is 13.7 Å². The van der Waals surface area contributed by atoms with E-state index in [1.165, 1.54) is 13.2 Å². The summed E-state index contributed by atoms with van der Waals surface area (Å²) in [7, 11) is -2.16. The van der Waals surface area contributed by atoms with Crippen LogP contribution in [0.1, 0.15) is 26.3 Å². The van der Waals surface area contributed by atoms with Crippen LogP contribution in [0.3, 0.4) is 0 Å². The van der Waals surface area contributed by atoms with Gasteiger partial charge in [-0.1, -0.05) is 38.5 Å².